The molecule has 2 aromatic rings. The highest BCUT2D eigenvalue weighted by atomic mass is 32.2. The van der Waals surface area contributed by atoms with Crippen molar-refractivity contribution in [1.82, 2.24) is 19.6 Å². The number of thiazole rings is 1. The summed E-state index contributed by atoms with van der Waals surface area (Å²) in [7, 11) is -1.67. The van der Waals surface area contributed by atoms with Gasteiger partial charge in [0.1, 0.15) is 0 Å². The Morgan fingerprint density at radius 1 is 1.38 bits per heavy atom. The highest BCUT2D eigenvalue weighted by molar-refractivity contribution is 7.89. The largest absolute Gasteiger partial charge is 0.346 e. The summed E-state index contributed by atoms with van der Waals surface area (Å²) in [6.07, 6.45) is 3.35. The van der Waals surface area contributed by atoms with E-state index in [0.29, 0.717) is 11.4 Å². The average molecular weight is 328 g/mol. The predicted octanol–water partition coefficient (Wildman–Crippen LogP) is 1.72. The van der Waals surface area contributed by atoms with Gasteiger partial charge in [0.05, 0.1) is 10.4 Å². The van der Waals surface area contributed by atoms with Gasteiger partial charge in [-0.2, -0.15) is 0 Å². The second-order valence-corrected chi connectivity index (χ2v) is 7.73. The second kappa shape index (κ2) is 6.69. The zero-order valence-corrected chi connectivity index (χ0v) is 14.0. The Hall–Kier alpha value is -1.22. The van der Waals surface area contributed by atoms with E-state index in [9.17, 15) is 8.42 Å². The lowest BCUT2D eigenvalue weighted by Gasteiger charge is -2.11. The molecule has 2 N–H and O–H groups in total. The SMILES string of the molecule is CNCc1cc(S(=O)(=O)NCc2cncs2)cn1C(C)C. The molecule has 8 heteroatoms. The molecule has 0 spiro atoms. The number of hydrogen-bond acceptors (Lipinski definition) is 5. The molecule has 0 bridgehead atoms. The zero-order valence-electron chi connectivity index (χ0n) is 12.3. The van der Waals surface area contributed by atoms with Crippen LogP contribution in [0.15, 0.2) is 28.9 Å². The van der Waals surface area contributed by atoms with Gasteiger partial charge in [-0.1, -0.05) is 0 Å². The van der Waals surface area contributed by atoms with Crippen LogP contribution in [-0.4, -0.2) is 25.0 Å². The molecular weight excluding hydrogens is 308 g/mol. The molecule has 116 valence electrons. The smallest absolute Gasteiger partial charge is 0.242 e. The summed E-state index contributed by atoms with van der Waals surface area (Å²) in [6.45, 7) is 4.95. The Balaban J connectivity index is 2.21. The summed E-state index contributed by atoms with van der Waals surface area (Å²) < 4.78 is 29.3. The minimum Gasteiger partial charge on any atom is -0.346 e. The number of aromatic nitrogens is 2. The first kappa shape index (κ1) is 16.2. The van der Waals surface area contributed by atoms with Crippen molar-refractivity contribution in [2.45, 2.75) is 37.9 Å². The topological polar surface area (TPSA) is 76.0 Å². The van der Waals surface area contributed by atoms with Crippen molar-refractivity contribution in [2.24, 2.45) is 0 Å². The van der Waals surface area contributed by atoms with E-state index in [-0.39, 0.29) is 12.6 Å². The molecule has 2 aromatic heterocycles. The van der Waals surface area contributed by atoms with Crippen LogP contribution in [0, 0.1) is 0 Å². The number of nitrogens with zero attached hydrogens (tertiary/aromatic N) is 2. The molecule has 0 aliphatic heterocycles. The Morgan fingerprint density at radius 2 is 2.14 bits per heavy atom. The van der Waals surface area contributed by atoms with Crippen LogP contribution in [-0.2, 0) is 23.1 Å². The van der Waals surface area contributed by atoms with Gasteiger partial charge in [-0.15, -0.1) is 11.3 Å². The lowest BCUT2D eigenvalue weighted by Crippen LogP contribution is -2.22. The fourth-order valence-corrected chi connectivity index (χ4v) is 3.71. The van der Waals surface area contributed by atoms with Crippen molar-refractivity contribution < 1.29 is 8.42 Å². The van der Waals surface area contributed by atoms with Crippen LogP contribution in [0.25, 0.3) is 0 Å². The third-order valence-corrected chi connectivity index (χ3v) is 5.20. The molecular formula is C13H20N4O2S2. The van der Waals surface area contributed by atoms with E-state index in [2.05, 4.69) is 15.0 Å². The quantitative estimate of drug-likeness (QED) is 0.811. The van der Waals surface area contributed by atoms with Gasteiger partial charge in [0.25, 0.3) is 0 Å². The first-order valence-corrected chi connectivity index (χ1v) is 9.02. The van der Waals surface area contributed by atoms with E-state index in [4.69, 9.17) is 0 Å². The number of nitrogens with one attached hydrogen (secondary N) is 2. The van der Waals surface area contributed by atoms with Crippen LogP contribution in [0.3, 0.4) is 0 Å². The standard InChI is InChI=1S/C13H20N4O2S2/c1-10(2)17-8-13(4-11(17)5-14-3)21(18,19)16-7-12-6-15-9-20-12/h4,6,8-10,14,16H,5,7H2,1-3H3. The summed E-state index contributed by atoms with van der Waals surface area (Å²) >= 11 is 1.43. The molecule has 0 saturated heterocycles. The number of rotatable bonds is 7. The first-order chi connectivity index (χ1) is 9.94. The number of hydrogen-bond donors (Lipinski definition) is 2. The predicted molar refractivity (Wildman–Crippen MR) is 83.7 cm³/mol. The number of sulfonamides is 1. The molecule has 0 radical (unpaired) electrons. The van der Waals surface area contributed by atoms with Crippen molar-refractivity contribution in [1.29, 1.82) is 0 Å². The van der Waals surface area contributed by atoms with Gasteiger partial charge in [0, 0.05) is 42.1 Å². The molecule has 2 heterocycles. The van der Waals surface area contributed by atoms with Gasteiger partial charge in [0.15, 0.2) is 0 Å². The normalized spacial score (nSPS) is 12.2. The Kier molecular flexibility index (Phi) is 5.15. The molecule has 0 atom stereocenters. The van der Waals surface area contributed by atoms with Gasteiger partial charge in [0.2, 0.25) is 10.0 Å². The summed E-state index contributed by atoms with van der Waals surface area (Å²) in [5.41, 5.74) is 2.63. The van der Waals surface area contributed by atoms with E-state index >= 15 is 0 Å². The molecule has 6 nitrogen and oxygen atoms in total. The van der Waals surface area contributed by atoms with Crippen LogP contribution in [0.1, 0.15) is 30.5 Å². The Morgan fingerprint density at radius 3 is 2.71 bits per heavy atom. The maximum Gasteiger partial charge on any atom is 0.242 e. The minimum absolute atomic E-state index is 0.207. The molecule has 0 fully saturated rings. The Bertz CT molecular complexity index is 675. The van der Waals surface area contributed by atoms with Gasteiger partial charge >= 0.3 is 0 Å². The highest BCUT2D eigenvalue weighted by Gasteiger charge is 2.19. The van der Waals surface area contributed by atoms with Crippen molar-refractivity contribution >= 4 is 21.4 Å². The first-order valence-electron chi connectivity index (χ1n) is 6.66. The maximum atomic E-state index is 12.4. The molecule has 0 amide bonds. The summed E-state index contributed by atoms with van der Waals surface area (Å²) in [6, 6.07) is 1.92. The van der Waals surface area contributed by atoms with E-state index in [1.807, 2.05) is 25.5 Å². The third-order valence-electron chi connectivity index (χ3n) is 3.05. The molecule has 0 aliphatic rings. The van der Waals surface area contributed by atoms with Crippen molar-refractivity contribution in [3.63, 3.8) is 0 Å². The van der Waals surface area contributed by atoms with Gasteiger partial charge in [-0.05, 0) is 27.0 Å². The third kappa shape index (κ3) is 3.91. The lowest BCUT2D eigenvalue weighted by molar-refractivity contribution is 0.561. The summed E-state index contributed by atoms with van der Waals surface area (Å²) in [5, 5.41) is 3.06. The zero-order chi connectivity index (χ0) is 15.5. The monoisotopic (exact) mass is 328 g/mol. The summed E-state index contributed by atoms with van der Waals surface area (Å²) in [5.74, 6) is 0. The maximum absolute atomic E-state index is 12.4. The fraction of sp³-hybridized carbons (Fsp3) is 0.462. The summed E-state index contributed by atoms with van der Waals surface area (Å²) in [4.78, 5) is 5.12. The molecule has 2 rings (SSSR count). The average Bonchev–Trinajstić information content (AvgIpc) is 3.06. The van der Waals surface area contributed by atoms with Crippen LogP contribution in [0.4, 0.5) is 0 Å². The molecule has 21 heavy (non-hydrogen) atoms. The van der Waals surface area contributed by atoms with Crippen LogP contribution in [0.2, 0.25) is 0 Å². The van der Waals surface area contributed by atoms with Crippen LogP contribution >= 0.6 is 11.3 Å². The second-order valence-electron chi connectivity index (χ2n) is 4.99. The minimum atomic E-state index is -3.51. The van der Waals surface area contributed by atoms with Gasteiger partial charge in [-0.3, -0.25) is 4.98 Å². The van der Waals surface area contributed by atoms with Crippen molar-refractivity contribution in [3.8, 4) is 0 Å². The van der Waals surface area contributed by atoms with E-state index in [0.717, 1.165) is 10.6 Å². The lowest BCUT2D eigenvalue weighted by atomic mass is 10.3. The molecule has 0 aromatic carbocycles. The van der Waals surface area contributed by atoms with Crippen LogP contribution < -0.4 is 10.0 Å². The van der Waals surface area contributed by atoms with E-state index in [1.165, 1.54) is 11.3 Å². The molecule has 0 unspecified atom stereocenters. The van der Waals surface area contributed by atoms with E-state index < -0.39 is 10.0 Å². The van der Waals surface area contributed by atoms with Crippen LogP contribution in [0.5, 0.6) is 0 Å². The van der Waals surface area contributed by atoms with Crippen molar-refractivity contribution in [3.05, 3.63) is 34.5 Å². The van der Waals surface area contributed by atoms with E-state index in [1.54, 1.807) is 24.0 Å². The fourth-order valence-electron chi connectivity index (χ4n) is 2.03. The Labute approximate surface area is 129 Å². The molecule has 0 aliphatic carbocycles. The van der Waals surface area contributed by atoms with Gasteiger partial charge < -0.3 is 9.88 Å². The van der Waals surface area contributed by atoms with Gasteiger partial charge in [-0.25, -0.2) is 13.1 Å². The van der Waals surface area contributed by atoms with Crippen molar-refractivity contribution in [2.75, 3.05) is 7.05 Å². The highest BCUT2D eigenvalue weighted by Crippen LogP contribution is 2.19. The molecule has 0 saturated carbocycles.